The molecule has 3 aliphatic rings. The van der Waals surface area contributed by atoms with Crippen LogP contribution in [0.25, 0.3) is 0 Å². The number of primary amides is 1. The summed E-state index contributed by atoms with van der Waals surface area (Å²) in [4.78, 5) is 37.5. The molecule has 2 amide bonds. The topological polar surface area (TPSA) is 113 Å². The van der Waals surface area contributed by atoms with E-state index in [4.69, 9.17) is 5.73 Å². The number of nitrogens with one attached hydrogen (secondary N) is 1. The Labute approximate surface area is 136 Å². The van der Waals surface area contributed by atoms with Crippen molar-refractivity contribution in [3.8, 4) is 0 Å². The molecule has 23 heavy (non-hydrogen) atoms. The van der Waals surface area contributed by atoms with E-state index in [0.29, 0.717) is 12.8 Å². The summed E-state index contributed by atoms with van der Waals surface area (Å²) in [5.41, 5.74) is 5.53. The first-order chi connectivity index (χ1) is 10.9. The van der Waals surface area contributed by atoms with Gasteiger partial charge in [-0.3, -0.25) is 19.7 Å². The lowest BCUT2D eigenvalue weighted by molar-refractivity contribution is -0.154. The van der Waals surface area contributed by atoms with Crippen molar-refractivity contribution in [3.05, 3.63) is 0 Å². The molecule has 2 heterocycles. The fourth-order valence-electron chi connectivity index (χ4n) is 4.00. The summed E-state index contributed by atoms with van der Waals surface area (Å²) in [5.74, 6) is -1.49. The number of nitrogens with zero attached hydrogens (tertiary/aromatic N) is 1. The molecule has 3 fully saturated rings. The number of fused-ring (bicyclic) bond motifs is 3. The van der Waals surface area contributed by atoms with Gasteiger partial charge in [0.2, 0.25) is 11.8 Å². The van der Waals surface area contributed by atoms with E-state index < -0.39 is 30.0 Å². The number of carboxylic acid groups (broad SMARTS) is 1. The van der Waals surface area contributed by atoms with Crippen molar-refractivity contribution in [1.29, 1.82) is 0 Å². The second-order valence-corrected chi connectivity index (χ2v) is 6.73. The monoisotopic (exact) mass is 325 g/mol. The number of hydrogen-bond acceptors (Lipinski definition) is 4. The van der Waals surface area contributed by atoms with Gasteiger partial charge in [-0.25, -0.2) is 0 Å². The van der Waals surface area contributed by atoms with Crippen LogP contribution < -0.4 is 11.1 Å². The van der Waals surface area contributed by atoms with Crippen molar-refractivity contribution in [2.75, 3.05) is 0 Å². The summed E-state index contributed by atoms with van der Waals surface area (Å²) in [5, 5.41) is 12.1. The molecule has 0 aromatic carbocycles. The van der Waals surface area contributed by atoms with E-state index in [0.717, 1.165) is 25.7 Å². The number of carbonyl (C=O) groups excluding carboxylic acids is 2. The smallest absolute Gasteiger partial charge is 0.320 e. The maximum Gasteiger partial charge on any atom is 0.320 e. The van der Waals surface area contributed by atoms with Crippen molar-refractivity contribution in [2.45, 2.75) is 76.5 Å². The van der Waals surface area contributed by atoms with Crippen LogP contribution in [0.4, 0.5) is 0 Å². The lowest BCUT2D eigenvalue weighted by Crippen LogP contribution is -2.65. The van der Waals surface area contributed by atoms with Gasteiger partial charge >= 0.3 is 5.97 Å². The molecular weight excluding hydrogens is 298 g/mol. The molecule has 2 aliphatic heterocycles. The summed E-state index contributed by atoms with van der Waals surface area (Å²) in [7, 11) is 0. The van der Waals surface area contributed by atoms with Crippen molar-refractivity contribution in [2.24, 2.45) is 11.7 Å². The Kier molecular flexibility index (Phi) is 5.62. The summed E-state index contributed by atoms with van der Waals surface area (Å²) < 4.78 is 0. The van der Waals surface area contributed by atoms with Crippen LogP contribution in [0.1, 0.15) is 52.4 Å². The van der Waals surface area contributed by atoms with E-state index in [1.807, 2.05) is 6.92 Å². The summed E-state index contributed by atoms with van der Waals surface area (Å²) in [6.45, 7) is 3.56. The summed E-state index contributed by atoms with van der Waals surface area (Å²) in [6.07, 6.45) is 4.81. The van der Waals surface area contributed by atoms with Gasteiger partial charge < -0.3 is 15.7 Å². The minimum absolute atomic E-state index is 0.0451. The third-order valence-corrected chi connectivity index (χ3v) is 5.12. The molecule has 1 aliphatic carbocycles. The third-order valence-electron chi connectivity index (χ3n) is 5.12. The number of amides is 2. The van der Waals surface area contributed by atoms with Gasteiger partial charge in [0.15, 0.2) is 0 Å². The van der Waals surface area contributed by atoms with Crippen molar-refractivity contribution in [1.82, 2.24) is 10.2 Å². The first kappa shape index (κ1) is 17.7. The molecule has 0 aromatic rings. The Bertz CT molecular complexity index is 474. The molecule has 0 unspecified atom stereocenters. The Morgan fingerprint density at radius 3 is 2.35 bits per heavy atom. The van der Waals surface area contributed by atoms with Gasteiger partial charge in [0.1, 0.15) is 12.1 Å². The molecular formula is C16H27N3O4. The maximum absolute atomic E-state index is 12.8. The van der Waals surface area contributed by atoms with Gasteiger partial charge in [-0.05, 0) is 44.9 Å². The number of nitrogens with two attached hydrogens (primary N) is 1. The molecule has 2 bridgehead atoms. The van der Waals surface area contributed by atoms with Crippen LogP contribution in [0, 0.1) is 5.92 Å². The Morgan fingerprint density at radius 2 is 1.87 bits per heavy atom. The molecule has 3 atom stereocenters. The molecule has 7 heteroatoms. The highest BCUT2D eigenvalue weighted by Gasteiger charge is 2.47. The average molecular weight is 325 g/mol. The van der Waals surface area contributed by atoms with Gasteiger partial charge in [0.25, 0.3) is 0 Å². The molecule has 0 spiro atoms. The number of piperidine rings is 2. The van der Waals surface area contributed by atoms with Gasteiger partial charge in [-0.2, -0.15) is 0 Å². The first-order valence-electron chi connectivity index (χ1n) is 8.47. The fraction of sp³-hybridized carbons (Fsp3) is 0.812. The highest BCUT2D eigenvalue weighted by molar-refractivity contribution is 5.90. The zero-order chi connectivity index (χ0) is 17.1. The van der Waals surface area contributed by atoms with E-state index in [9.17, 15) is 19.5 Å². The largest absolute Gasteiger partial charge is 0.480 e. The fourth-order valence-corrected chi connectivity index (χ4v) is 4.00. The minimum atomic E-state index is -0.960. The number of rotatable bonds is 7. The molecule has 1 saturated carbocycles. The Hall–Kier alpha value is -1.63. The quantitative estimate of drug-likeness (QED) is 0.630. The number of aliphatic carboxylic acids is 1. The standard InChI is InChI=1S/C16H27N3O4/c1-3-4-12(16(22)23)18-9(2)15(21)19-11-7-5-10(6-8-11)13(19)14(17)20/h9-13,18H,3-8H2,1-2H3,(H2,17,20)(H,22,23)/t9-,10?,11?,12-,13-/m0/s1. The lowest BCUT2D eigenvalue weighted by atomic mass is 9.74. The summed E-state index contributed by atoms with van der Waals surface area (Å²) >= 11 is 0. The van der Waals surface area contributed by atoms with E-state index in [1.54, 1.807) is 11.8 Å². The highest BCUT2D eigenvalue weighted by Crippen LogP contribution is 2.39. The van der Waals surface area contributed by atoms with Crippen LogP contribution in [0.2, 0.25) is 0 Å². The molecule has 7 nitrogen and oxygen atoms in total. The van der Waals surface area contributed by atoms with Gasteiger partial charge in [0, 0.05) is 6.04 Å². The number of carbonyl (C=O) groups is 3. The predicted octanol–water partition coefficient (Wildman–Crippen LogP) is 0.473. The van der Waals surface area contributed by atoms with Crippen LogP contribution in [-0.4, -0.2) is 52.0 Å². The SMILES string of the molecule is CCC[C@H](N[C@@H](C)C(=O)N1C2CCC(CC2)[C@H]1C(N)=O)C(=O)O. The molecule has 2 saturated heterocycles. The second-order valence-electron chi connectivity index (χ2n) is 6.73. The maximum atomic E-state index is 12.8. The predicted molar refractivity (Wildman–Crippen MR) is 84.5 cm³/mol. The molecule has 0 radical (unpaired) electrons. The van der Waals surface area contributed by atoms with Gasteiger partial charge in [0.05, 0.1) is 6.04 Å². The van der Waals surface area contributed by atoms with Crippen LogP contribution in [0.5, 0.6) is 0 Å². The zero-order valence-corrected chi connectivity index (χ0v) is 13.8. The van der Waals surface area contributed by atoms with E-state index in [1.165, 1.54) is 0 Å². The van der Waals surface area contributed by atoms with E-state index in [2.05, 4.69) is 5.32 Å². The molecule has 3 rings (SSSR count). The van der Waals surface area contributed by atoms with E-state index in [-0.39, 0.29) is 17.9 Å². The first-order valence-corrected chi connectivity index (χ1v) is 8.47. The number of carboxylic acids is 1. The van der Waals surface area contributed by atoms with Crippen molar-refractivity contribution < 1.29 is 19.5 Å². The molecule has 0 aromatic heterocycles. The van der Waals surface area contributed by atoms with E-state index >= 15 is 0 Å². The van der Waals surface area contributed by atoms with Crippen LogP contribution in [-0.2, 0) is 14.4 Å². The minimum Gasteiger partial charge on any atom is -0.480 e. The van der Waals surface area contributed by atoms with Crippen molar-refractivity contribution in [3.63, 3.8) is 0 Å². The molecule has 130 valence electrons. The molecule has 4 N–H and O–H groups in total. The average Bonchev–Trinajstić information content (AvgIpc) is 2.53. The van der Waals surface area contributed by atoms with Crippen LogP contribution in [0.3, 0.4) is 0 Å². The van der Waals surface area contributed by atoms with Crippen LogP contribution >= 0.6 is 0 Å². The Balaban J connectivity index is 2.10. The van der Waals surface area contributed by atoms with Gasteiger partial charge in [-0.1, -0.05) is 13.3 Å². The summed E-state index contributed by atoms with van der Waals surface area (Å²) in [6, 6.07) is -1.91. The van der Waals surface area contributed by atoms with Crippen LogP contribution in [0.15, 0.2) is 0 Å². The second kappa shape index (κ2) is 7.29. The highest BCUT2D eigenvalue weighted by atomic mass is 16.4. The normalized spacial score (nSPS) is 29.1. The lowest BCUT2D eigenvalue weighted by Gasteiger charge is -2.50. The number of hydrogen-bond donors (Lipinski definition) is 3. The van der Waals surface area contributed by atoms with Gasteiger partial charge in [-0.15, -0.1) is 0 Å². The third kappa shape index (κ3) is 3.65. The van der Waals surface area contributed by atoms with Crippen molar-refractivity contribution >= 4 is 17.8 Å². The zero-order valence-electron chi connectivity index (χ0n) is 13.8. The Morgan fingerprint density at radius 1 is 1.26 bits per heavy atom.